The Kier molecular flexibility index (Phi) is 6.62. The average molecular weight is 372 g/mol. The number of nitrogens with zero attached hydrogens (tertiary/aromatic N) is 2. The lowest BCUT2D eigenvalue weighted by atomic mass is 9.95. The molecule has 1 fully saturated rings. The predicted octanol–water partition coefficient (Wildman–Crippen LogP) is 1.93. The molecule has 0 saturated heterocycles. The number of hydrogen-bond acceptors (Lipinski definition) is 5. The maximum absolute atomic E-state index is 13.1. The molecule has 1 amide bonds. The average Bonchev–Trinajstić information content (AvgIpc) is 2.91. The minimum atomic E-state index is -3.86. The fourth-order valence-electron chi connectivity index (χ4n) is 3.29. The summed E-state index contributed by atoms with van der Waals surface area (Å²) in [7, 11) is -2.33. The summed E-state index contributed by atoms with van der Waals surface area (Å²) in [5.74, 6) is -0.523. The highest BCUT2D eigenvalue weighted by atomic mass is 32.2. The summed E-state index contributed by atoms with van der Waals surface area (Å²) in [6.45, 7) is 5.76. The number of methoxy groups -OCH3 is 1. The fraction of sp³-hybridized carbons (Fsp3) is 0.765. The Morgan fingerprint density at radius 3 is 2.56 bits per heavy atom. The molecule has 0 aliphatic heterocycles. The minimum absolute atomic E-state index is 0.0313. The topological polar surface area (TPSA) is 90.3 Å². The Hall–Kier alpha value is -1.41. The molecule has 8 heteroatoms. The fourth-order valence-corrected chi connectivity index (χ4v) is 4.79. The molecule has 1 atom stereocenters. The molecule has 0 aromatic carbocycles. The Bertz CT molecular complexity index is 706. The van der Waals surface area contributed by atoms with Crippen LogP contribution in [0.2, 0.25) is 0 Å². The van der Waals surface area contributed by atoms with E-state index in [-0.39, 0.29) is 17.7 Å². The molecule has 0 radical (unpaired) electrons. The third-order valence-corrected chi connectivity index (χ3v) is 6.93. The van der Waals surface area contributed by atoms with Crippen LogP contribution in [-0.4, -0.2) is 49.4 Å². The molecule has 0 spiro atoms. The van der Waals surface area contributed by atoms with Gasteiger partial charge < -0.3 is 14.6 Å². The first-order chi connectivity index (χ1) is 11.8. The summed E-state index contributed by atoms with van der Waals surface area (Å²) in [6, 6.07) is 0.142. The number of aryl methyl sites for hydroxylation is 1. The van der Waals surface area contributed by atoms with Gasteiger partial charge in [-0.05, 0) is 33.6 Å². The first-order valence-corrected chi connectivity index (χ1v) is 10.4. The Balaban J connectivity index is 2.32. The standard InChI is InChI=1S/C17H29N3O4S/c1-12-13(2)20(15-8-6-5-7-9-15)17(19-12)25(22,23)14(3)16(21)18-10-11-24-4/h14-15H,5-11H2,1-4H3,(H,18,21). The van der Waals surface area contributed by atoms with Crippen LogP contribution in [0.3, 0.4) is 0 Å². The van der Waals surface area contributed by atoms with Gasteiger partial charge in [-0.25, -0.2) is 13.4 Å². The molecule has 1 aliphatic rings. The monoisotopic (exact) mass is 371 g/mol. The van der Waals surface area contributed by atoms with E-state index in [0.29, 0.717) is 12.3 Å². The lowest BCUT2D eigenvalue weighted by molar-refractivity contribution is -0.120. The molecule has 1 aromatic rings. The van der Waals surface area contributed by atoms with E-state index in [4.69, 9.17) is 4.74 Å². The number of ether oxygens (including phenoxy) is 1. The summed E-state index contributed by atoms with van der Waals surface area (Å²) in [5, 5.41) is 1.44. The van der Waals surface area contributed by atoms with Gasteiger partial charge in [0.25, 0.3) is 0 Å². The highest BCUT2D eigenvalue weighted by molar-refractivity contribution is 7.92. The van der Waals surface area contributed by atoms with E-state index in [2.05, 4.69) is 10.3 Å². The zero-order valence-electron chi connectivity index (χ0n) is 15.5. The largest absolute Gasteiger partial charge is 0.383 e. The van der Waals surface area contributed by atoms with Crippen LogP contribution in [0.15, 0.2) is 5.16 Å². The normalized spacial score (nSPS) is 17.4. The molecule has 2 rings (SSSR count). The quantitative estimate of drug-likeness (QED) is 0.740. The molecule has 1 heterocycles. The molecule has 0 bridgehead atoms. The van der Waals surface area contributed by atoms with Crippen molar-refractivity contribution in [3.63, 3.8) is 0 Å². The summed E-state index contributed by atoms with van der Waals surface area (Å²) < 4.78 is 32.8. The lowest BCUT2D eigenvalue weighted by Crippen LogP contribution is -2.40. The maximum atomic E-state index is 13.1. The van der Waals surface area contributed by atoms with Crippen molar-refractivity contribution in [2.45, 2.75) is 69.3 Å². The van der Waals surface area contributed by atoms with E-state index in [9.17, 15) is 13.2 Å². The number of nitrogens with one attached hydrogen (secondary N) is 1. The number of imidazole rings is 1. The third kappa shape index (κ3) is 4.23. The molecule has 142 valence electrons. The van der Waals surface area contributed by atoms with E-state index >= 15 is 0 Å². The number of aromatic nitrogens is 2. The molecule has 1 aromatic heterocycles. The smallest absolute Gasteiger partial charge is 0.238 e. The van der Waals surface area contributed by atoms with Crippen molar-refractivity contribution in [1.29, 1.82) is 0 Å². The molecule has 1 N–H and O–H groups in total. The van der Waals surface area contributed by atoms with Crippen molar-refractivity contribution < 1.29 is 17.9 Å². The number of hydrogen-bond donors (Lipinski definition) is 1. The van der Waals surface area contributed by atoms with Gasteiger partial charge in [-0.1, -0.05) is 19.3 Å². The second-order valence-corrected chi connectivity index (χ2v) is 8.86. The van der Waals surface area contributed by atoms with Gasteiger partial charge >= 0.3 is 0 Å². The van der Waals surface area contributed by atoms with Crippen molar-refractivity contribution in [1.82, 2.24) is 14.9 Å². The van der Waals surface area contributed by atoms with E-state index in [0.717, 1.165) is 31.4 Å². The Labute approximate surface area is 150 Å². The number of carbonyl (C=O) groups is 1. The minimum Gasteiger partial charge on any atom is -0.383 e. The van der Waals surface area contributed by atoms with Crippen LogP contribution in [0.1, 0.15) is 56.5 Å². The zero-order valence-corrected chi connectivity index (χ0v) is 16.4. The Morgan fingerprint density at radius 2 is 1.96 bits per heavy atom. The van der Waals surface area contributed by atoms with Crippen molar-refractivity contribution in [2.24, 2.45) is 0 Å². The lowest BCUT2D eigenvalue weighted by Gasteiger charge is -2.26. The highest BCUT2D eigenvalue weighted by Gasteiger charge is 2.36. The molecular formula is C17H29N3O4S. The van der Waals surface area contributed by atoms with Crippen LogP contribution in [0.5, 0.6) is 0 Å². The molecule has 1 unspecified atom stereocenters. The molecule has 7 nitrogen and oxygen atoms in total. The van der Waals surface area contributed by atoms with Gasteiger partial charge in [-0.2, -0.15) is 0 Å². The zero-order chi connectivity index (χ0) is 18.6. The van der Waals surface area contributed by atoms with Gasteiger partial charge in [-0.3, -0.25) is 4.79 Å². The van der Waals surface area contributed by atoms with Gasteiger partial charge in [0.1, 0.15) is 5.25 Å². The molecule has 25 heavy (non-hydrogen) atoms. The summed E-state index contributed by atoms with van der Waals surface area (Å²) in [6.07, 6.45) is 5.27. The van der Waals surface area contributed by atoms with Crippen molar-refractivity contribution in [3.05, 3.63) is 11.4 Å². The summed E-state index contributed by atoms with van der Waals surface area (Å²) >= 11 is 0. The molecular weight excluding hydrogens is 342 g/mol. The van der Waals surface area contributed by atoms with Crippen molar-refractivity contribution >= 4 is 15.7 Å². The van der Waals surface area contributed by atoms with Gasteiger partial charge in [0.15, 0.2) is 0 Å². The first-order valence-electron chi connectivity index (χ1n) is 8.86. The van der Waals surface area contributed by atoms with E-state index in [1.807, 2.05) is 18.4 Å². The second-order valence-electron chi connectivity index (χ2n) is 6.70. The first kappa shape index (κ1) is 19.9. The highest BCUT2D eigenvalue weighted by Crippen LogP contribution is 2.33. The van der Waals surface area contributed by atoms with Crippen LogP contribution in [-0.2, 0) is 19.4 Å². The van der Waals surface area contributed by atoms with E-state index < -0.39 is 21.0 Å². The maximum Gasteiger partial charge on any atom is 0.238 e. The SMILES string of the molecule is COCCNC(=O)C(C)S(=O)(=O)c1nc(C)c(C)n1C1CCCCC1. The van der Waals surface area contributed by atoms with Crippen LogP contribution in [0.4, 0.5) is 0 Å². The predicted molar refractivity (Wildman–Crippen MR) is 95.4 cm³/mol. The van der Waals surface area contributed by atoms with Gasteiger partial charge in [0.2, 0.25) is 20.9 Å². The van der Waals surface area contributed by atoms with Gasteiger partial charge in [0, 0.05) is 25.4 Å². The summed E-state index contributed by atoms with van der Waals surface area (Å²) in [5.41, 5.74) is 1.58. The van der Waals surface area contributed by atoms with Crippen molar-refractivity contribution in [3.8, 4) is 0 Å². The Morgan fingerprint density at radius 1 is 1.32 bits per heavy atom. The van der Waals surface area contributed by atoms with Crippen LogP contribution in [0.25, 0.3) is 0 Å². The number of carbonyl (C=O) groups excluding carboxylic acids is 1. The number of amides is 1. The van der Waals surface area contributed by atoms with Crippen LogP contribution >= 0.6 is 0 Å². The van der Waals surface area contributed by atoms with Crippen LogP contribution in [0, 0.1) is 13.8 Å². The van der Waals surface area contributed by atoms with Gasteiger partial charge in [-0.15, -0.1) is 0 Å². The van der Waals surface area contributed by atoms with E-state index in [1.165, 1.54) is 20.5 Å². The van der Waals surface area contributed by atoms with Gasteiger partial charge in [0.05, 0.1) is 12.3 Å². The molecule has 1 aliphatic carbocycles. The second kappa shape index (κ2) is 8.31. The molecule has 1 saturated carbocycles. The third-order valence-electron chi connectivity index (χ3n) is 4.99. The van der Waals surface area contributed by atoms with E-state index in [1.54, 1.807) is 0 Å². The van der Waals surface area contributed by atoms with Crippen molar-refractivity contribution in [2.75, 3.05) is 20.3 Å². The summed E-state index contributed by atoms with van der Waals surface area (Å²) in [4.78, 5) is 16.6. The number of sulfone groups is 1. The number of rotatable bonds is 7. The van der Waals surface area contributed by atoms with Crippen LogP contribution < -0.4 is 5.32 Å².